The van der Waals surface area contributed by atoms with Gasteiger partial charge in [-0.05, 0) is 4.57 Å². The van der Waals surface area contributed by atoms with Gasteiger partial charge in [0.05, 0.1) is 19.5 Å². The topological polar surface area (TPSA) is 282 Å². The Balaban J connectivity index is 1.41. The van der Waals surface area contributed by atoms with Gasteiger partial charge in [0.1, 0.15) is 48.5 Å². The number of hydrogen-bond acceptors (Lipinski definition) is 15. The number of aliphatic hydroxyl groups excluding tert-OH is 5. The lowest BCUT2D eigenvalue weighted by atomic mass is 10.1. The first-order chi connectivity index (χ1) is 16.9. The zero-order valence-corrected chi connectivity index (χ0v) is 19.9. The quantitative estimate of drug-likeness (QED) is 0.140. The van der Waals surface area contributed by atoms with E-state index in [4.69, 9.17) is 24.5 Å². The van der Waals surface area contributed by atoms with Gasteiger partial charge in [0, 0.05) is 0 Å². The monoisotopic (exact) mass is 556 g/mol. The van der Waals surface area contributed by atoms with Crippen molar-refractivity contribution in [1.29, 1.82) is 0 Å². The molecule has 11 unspecified atom stereocenters. The number of fused-ring (bicyclic) bond motifs is 1. The van der Waals surface area contributed by atoms with Gasteiger partial charge < -0.3 is 54.9 Å². The van der Waals surface area contributed by atoms with Crippen molar-refractivity contribution >= 4 is 32.6 Å². The lowest BCUT2D eigenvalue weighted by Crippen LogP contribution is -2.35. The predicted molar refractivity (Wildman–Crippen MR) is 114 cm³/mol. The molecule has 4 heterocycles. The van der Waals surface area contributed by atoms with E-state index in [0.717, 1.165) is 6.33 Å². The number of imidazole rings is 1. The molecule has 0 saturated carbocycles. The van der Waals surface area contributed by atoms with Crippen LogP contribution in [0.2, 0.25) is 0 Å². The molecule has 2 aromatic heterocycles. The van der Waals surface area contributed by atoms with Gasteiger partial charge in [-0.15, -0.1) is 0 Å². The molecular formula is C16H24N5O13P2+. The van der Waals surface area contributed by atoms with Crippen LogP contribution in [0.1, 0.15) is 6.23 Å². The summed E-state index contributed by atoms with van der Waals surface area (Å²) in [5.41, 5.74) is 3.83. The van der Waals surface area contributed by atoms with Crippen molar-refractivity contribution in [2.45, 2.75) is 54.7 Å². The summed E-state index contributed by atoms with van der Waals surface area (Å²) in [5.74, 6) is 0.0690. The van der Waals surface area contributed by atoms with Gasteiger partial charge in [0.2, 0.25) is 0 Å². The Morgan fingerprint density at radius 1 is 1.06 bits per heavy atom. The van der Waals surface area contributed by atoms with E-state index in [9.17, 15) is 44.4 Å². The third kappa shape index (κ3) is 5.14. The van der Waals surface area contributed by atoms with Crippen LogP contribution in [0.15, 0.2) is 12.7 Å². The van der Waals surface area contributed by atoms with E-state index in [-0.39, 0.29) is 17.0 Å². The van der Waals surface area contributed by atoms with E-state index in [1.807, 2.05) is 0 Å². The fourth-order valence-electron chi connectivity index (χ4n) is 3.73. The van der Waals surface area contributed by atoms with Crippen molar-refractivity contribution in [3.05, 3.63) is 12.7 Å². The minimum Gasteiger partial charge on any atom is -0.387 e. The first-order valence-electron chi connectivity index (χ1n) is 10.3. The van der Waals surface area contributed by atoms with E-state index < -0.39 is 83.6 Å². The molecule has 2 aliphatic heterocycles. The molecule has 20 heteroatoms. The van der Waals surface area contributed by atoms with Crippen LogP contribution in [0, 0.1) is 0 Å². The molecule has 4 rings (SSSR count). The maximum atomic E-state index is 12.6. The number of rotatable bonds is 9. The van der Waals surface area contributed by atoms with E-state index in [1.54, 1.807) is 0 Å². The van der Waals surface area contributed by atoms with Gasteiger partial charge in [-0.1, -0.05) is 0 Å². The summed E-state index contributed by atoms with van der Waals surface area (Å²) in [5, 5.41) is 49.5. The first kappa shape index (κ1) is 27.3. The van der Waals surface area contributed by atoms with Crippen LogP contribution in [-0.2, 0) is 27.9 Å². The van der Waals surface area contributed by atoms with Gasteiger partial charge in [-0.25, -0.2) is 15.0 Å². The molecule has 0 spiro atoms. The molecule has 2 aromatic rings. The van der Waals surface area contributed by atoms with E-state index >= 15 is 0 Å². The van der Waals surface area contributed by atoms with Gasteiger partial charge in [0.15, 0.2) is 24.0 Å². The molecule has 2 aliphatic rings. The molecule has 2 saturated heterocycles. The number of anilines is 1. The smallest absolute Gasteiger partial charge is 0.387 e. The van der Waals surface area contributed by atoms with Gasteiger partial charge in [-0.3, -0.25) is 9.13 Å². The molecule has 11 atom stereocenters. The fraction of sp³-hybridized carbons (Fsp3) is 0.688. The Hall–Kier alpha value is -1.76. The second-order valence-corrected chi connectivity index (χ2v) is 11.3. The van der Waals surface area contributed by atoms with Crippen molar-refractivity contribution in [2.24, 2.45) is 0 Å². The number of aromatic nitrogens is 4. The summed E-state index contributed by atoms with van der Waals surface area (Å²) in [6, 6.07) is 0. The largest absolute Gasteiger partial charge is 0.551 e. The standard InChI is InChI=1S/C16H23N5O13P2/c17-12-7-13(19-3-18-12)21(4-20-7)14-10(24)8(22)5(33-14)1-31-16(35(27)28)36(29,30)32-2-6-9(23)11(25)15(26)34-6/h3-6,8-11,14-16,22-26H,1-2H2,(H3-,17,18,19,27,28,29,30)/p+1. The predicted octanol–water partition coefficient (Wildman–Crippen LogP) is -3.30. The summed E-state index contributed by atoms with van der Waals surface area (Å²) in [4.78, 5) is 31.6. The highest BCUT2D eigenvalue weighted by Gasteiger charge is 2.53. The Labute approximate surface area is 202 Å². The van der Waals surface area contributed by atoms with Crippen molar-refractivity contribution in [1.82, 2.24) is 19.5 Å². The number of aliphatic hydroxyl groups is 5. The molecule has 9 N–H and O–H groups in total. The lowest BCUT2D eigenvalue weighted by Gasteiger charge is -2.20. The number of nitrogens with zero attached hydrogens (tertiary/aromatic N) is 4. The van der Waals surface area contributed by atoms with Gasteiger partial charge >= 0.3 is 21.2 Å². The number of ether oxygens (including phenoxy) is 3. The van der Waals surface area contributed by atoms with Crippen molar-refractivity contribution in [3.63, 3.8) is 0 Å². The van der Waals surface area contributed by atoms with Crippen molar-refractivity contribution in [3.8, 4) is 0 Å². The highest BCUT2D eigenvalue weighted by Crippen LogP contribution is 2.57. The summed E-state index contributed by atoms with van der Waals surface area (Å²) in [6.45, 7) is -1.56. The van der Waals surface area contributed by atoms with Crippen LogP contribution in [-0.4, -0.2) is 117 Å². The molecule has 0 aromatic carbocycles. The van der Waals surface area contributed by atoms with E-state index in [0.29, 0.717) is 0 Å². The van der Waals surface area contributed by atoms with Gasteiger partial charge in [0.25, 0.3) is 0 Å². The molecule has 0 radical (unpaired) electrons. The van der Waals surface area contributed by atoms with E-state index in [2.05, 4.69) is 15.0 Å². The van der Waals surface area contributed by atoms with E-state index in [1.165, 1.54) is 10.9 Å². The molecule has 0 aliphatic carbocycles. The highest BCUT2D eigenvalue weighted by atomic mass is 31.2. The number of nitrogens with two attached hydrogens (primary N) is 1. The molecule has 18 nitrogen and oxygen atoms in total. The van der Waals surface area contributed by atoms with Crippen LogP contribution in [0.4, 0.5) is 5.82 Å². The number of hydrogen-bond donors (Lipinski definition) is 8. The van der Waals surface area contributed by atoms with Crippen LogP contribution < -0.4 is 5.73 Å². The maximum Gasteiger partial charge on any atom is 0.551 e. The molecular weight excluding hydrogens is 532 g/mol. The summed E-state index contributed by atoms with van der Waals surface area (Å²) in [7, 11) is -8.51. The summed E-state index contributed by atoms with van der Waals surface area (Å²) < 4.78 is 45.8. The average molecular weight is 556 g/mol. The highest BCUT2D eigenvalue weighted by molar-refractivity contribution is 7.65. The Morgan fingerprint density at radius 3 is 2.36 bits per heavy atom. The summed E-state index contributed by atoms with van der Waals surface area (Å²) in [6.07, 6.45) is -9.79. The molecule has 0 bridgehead atoms. The molecule has 2 fully saturated rings. The third-order valence-corrected chi connectivity index (χ3v) is 8.86. The average Bonchev–Trinajstić information content (AvgIpc) is 3.44. The SMILES string of the molecule is Nc1ncnc2c1ncn2C1OC(COC([P+](=O)O)P(=O)(O)OCC2OC(O)C(O)C2O)C(O)C1O. The third-order valence-electron chi connectivity index (χ3n) is 5.64. The summed E-state index contributed by atoms with van der Waals surface area (Å²) >= 11 is 0. The maximum absolute atomic E-state index is 12.6. The zero-order chi connectivity index (χ0) is 26.4. The Morgan fingerprint density at radius 2 is 1.72 bits per heavy atom. The normalized spacial score (nSPS) is 35.7. The zero-order valence-electron chi connectivity index (χ0n) is 18.1. The van der Waals surface area contributed by atoms with Gasteiger partial charge in [-0.2, -0.15) is 4.89 Å². The fourth-order valence-corrected chi connectivity index (χ4v) is 5.90. The second-order valence-electron chi connectivity index (χ2n) is 8.00. The lowest BCUT2D eigenvalue weighted by molar-refractivity contribution is -0.132. The Kier molecular flexibility index (Phi) is 7.99. The van der Waals surface area contributed by atoms with Crippen LogP contribution in [0.25, 0.3) is 11.2 Å². The first-order valence-corrected chi connectivity index (χ1v) is 13.2. The minimum atomic E-state index is -5.03. The molecule has 36 heavy (non-hydrogen) atoms. The van der Waals surface area contributed by atoms with Crippen LogP contribution in [0.3, 0.4) is 0 Å². The van der Waals surface area contributed by atoms with Crippen molar-refractivity contribution < 1.29 is 63.2 Å². The number of nitrogen functional groups attached to an aromatic ring is 1. The molecule has 200 valence electrons. The van der Waals surface area contributed by atoms with Crippen molar-refractivity contribution in [2.75, 3.05) is 18.9 Å². The molecule has 0 amide bonds. The Bertz CT molecular complexity index is 1150. The minimum absolute atomic E-state index is 0.0690. The second kappa shape index (κ2) is 10.5. The van der Waals surface area contributed by atoms with Crippen LogP contribution >= 0.6 is 15.6 Å². The van der Waals surface area contributed by atoms with Crippen LogP contribution in [0.5, 0.6) is 0 Å².